The Balaban J connectivity index is 1.68. The molecule has 5 heteroatoms. The highest BCUT2D eigenvalue weighted by molar-refractivity contribution is 5.94. The fraction of sp³-hybridized carbons (Fsp3) is 0.167. The third kappa shape index (κ3) is 5.29. The molecule has 2 aromatic rings. The van der Waals surface area contributed by atoms with Gasteiger partial charge in [-0.1, -0.05) is 18.2 Å². The average Bonchev–Trinajstić information content (AvgIpc) is 2.60. The number of rotatable bonds is 6. The van der Waals surface area contributed by atoms with Crippen molar-refractivity contribution >= 4 is 17.5 Å². The van der Waals surface area contributed by atoms with Crippen LogP contribution >= 0.6 is 0 Å². The van der Waals surface area contributed by atoms with Crippen LogP contribution in [0.15, 0.2) is 54.6 Å². The van der Waals surface area contributed by atoms with E-state index in [-0.39, 0.29) is 11.8 Å². The van der Waals surface area contributed by atoms with Gasteiger partial charge in [0.05, 0.1) is 11.6 Å². The quantitative estimate of drug-likeness (QED) is 0.805. The van der Waals surface area contributed by atoms with Gasteiger partial charge in [0.1, 0.15) is 0 Å². The molecule has 2 aromatic carbocycles. The Morgan fingerprint density at radius 3 is 2.35 bits per heavy atom. The maximum Gasteiger partial charge on any atom is 0.251 e. The molecule has 0 heterocycles. The van der Waals surface area contributed by atoms with Crippen molar-refractivity contribution in [1.29, 1.82) is 5.26 Å². The summed E-state index contributed by atoms with van der Waals surface area (Å²) in [7, 11) is 0. The zero-order valence-corrected chi connectivity index (χ0v) is 12.6. The van der Waals surface area contributed by atoms with Crippen molar-refractivity contribution in [2.45, 2.75) is 12.8 Å². The third-order valence-corrected chi connectivity index (χ3v) is 3.20. The summed E-state index contributed by atoms with van der Waals surface area (Å²) in [5, 5.41) is 14.2. The zero-order valence-electron chi connectivity index (χ0n) is 12.6. The summed E-state index contributed by atoms with van der Waals surface area (Å²) in [5.74, 6) is -0.262. The number of hydrogen-bond acceptors (Lipinski definition) is 3. The second kappa shape index (κ2) is 8.35. The predicted molar refractivity (Wildman–Crippen MR) is 87.8 cm³/mol. The molecule has 0 bridgehead atoms. The van der Waals surface area contributed by atoms with Crippen LogP contribution in [0.5, 0.6) is 0 Å². The Hall–Kier alpha value is -3.13. The van der Waals surface area contributed by atoms with Crippen molar-refractivity contribution in [1.82, 2.24) is 5.32 Å². The van der Waals surface area contributed by atoms with E-state index >= 15 is 0 Å². The van der Waals surface area contributed by atoms with E-state index in [1.807, 2.05) is 12.1 Å². The highest BCUT2D eigenvalue weighted by Gasteiger charge is 2.05. The molecule has 0 spiro atoms. The molecule has 0 saturated heterocycles. The summed E-state index contributed by atoms with van der Waals surface area (Å²) in [5.41, 5.74) is 1.81. The summed E-state index contributed by atoms with van der Waals surface area (Å²) in [4.78, 5) is 23.6. The molecule has 0 radical (unpaired) electrons. The minimum atomic E-state index is -0.141. The molecule has 0 unspecified atom stereocenters. The normalized spacial score (nSPS) is 9.70. The van der Waals surface area contributed by atoms with Gasteiger partial charge in [-0.15, -0.1) is 0 Å². The number of amides is 2. The number of carbonyl (C=O) groups excluding carboxylic acids is 2. The number of carbonyl (C=O) groups is 2. The van der Waals surface area contributed by atoms with E-state index in [0.717, 1.165) is 0 Å². The molecule has 2 rings (SSSR count). The molecule has 0 saturated carbocycles. The van der Waals surface area contributed by atoms with Crippen molar-refractivity contribution in [3.8, 4) is 6.07 Å². The summed E-state index contributed by atoms with van der Waals surface area (Å²) < 4.78 is 0. The van der Waals surface area contributed by atoms with Gasteiger partial charge in [0.25, 0.3) is 5.91 Å². The first-order valence-electron chi connectivity index (χ1n) is 7.32. The molecule has 0 aromatic heterocycles. The number of hydrogen-bond donors (Lipinski definition) is 2. The lowest BCUT2D eigenvalue weighted by molar-refractivity contribution is -0.116. The molecule has 2 amide bonds. The third-order valence-electron chi connectivity index (χ3n) is 3.20. The van der Waals surface area contributed by atoms with Crippen LogP contribution in [-0.4, -0.2) is 18.4 Å². The maximum absolute atomic E-state index is 11.8. The Morgan fingerprint density at radius 2 is 1.70 bits per heavy atom. The van der Waals surface area contributed by atoms with Gasteiger partial charge in [-0.3, -0.25) is 9.59 Å². The monoisotopic (exact) mass is 307 g/mol. The molecular weight excluding hydrogens is 290 g/mol. The van der Waals surface area contributed by atoms with E-state index in [4.69, 9.17) is 5.26 Å². The standard InChI is InChI=1S/C18H17N3O2/c19-13-14-8-10-16(11-9-14)21-17(22)7-4-12-20-18(23)15-5-2-1-3-6-15/h1-3,5-6,8-11H,4,7,12H2,(H,20,23)(H,21,22). The Morgan fingerprint density at radius 1 is 1.00 bits per heavy atom. The van der Waals surface area contributed by atoms with Gasteiger partial charge < -0.3 is 10.6 Å². The van der Waals surface area contributed by atoms with Crippen LogP contribution in [0.25, 0.3) is 0 Å². The topological polar surface area (TPSA) is 82.0 Å². The lowest BCUT2D eigenvalue weighted by Gasteiger charge is -2.06. The van der Waals surface area contributed by atoms with E-state index in [0.29, 0.717) is 36.2 Å². The fourth-order valence-corrected chi connectivity index (χ4v) is 1.99. The van der Waals surface area contributed by atoms with Crippen molar-refractivity contribution in [3.05, 3.63) is 65.7 Å². The molecular formula is C18H17N3O2. The Labute approximate surface area is 134 Å². The summed E-state index contributed by atoms with van der Waals surface area (Å²) in [6, 6.07) is 17.6. The van der Waals surface area contributed by atoms with Gasteiger partial charge in [-0.25, -0.2) is 0 Å². The number of nitrogens with one attached hydrogen (secondary N) is 2. The highest BCUT2D eigenvalue weighted by atomic mass is 16.2. The second-order valence-electron chi connectivity index (χ2n) is 4.96. The largest absolute Gasteiger partial charge is 0.352 e. The van der Waals surface area contributed by atoms with Crippen LogP contribution < -0.4 is 10.6 Å². The van der Waals surface area contributed by atoms with Crippen LogP contribution in [0.3, 0.4) is 0 Å². The van der Waals surface area contributed by atoms with E-state index < -0.39 is 0 Å². The first kappa shape index (κ1) is 16.2. The van der Waals surface area contributed by atoms with Gasteiger partial charge in [0.15, 0.2) is 0 Å². The molecule has 0 aliphatic heterocycles. The van der Waals surface area contributed by atoms with Gasteiger partial charge in [-0.2, -0.15) is 5.26 Å². The van der Waals surface area contributed by atoms with Crippen LogP contribution in [-0.2, 0) is 4.79 Å². The summed E-state index contributed by atoms with van der Waals surface area (Å²) >= 11 is 0. The van der Waals surface area contributed by atoms with Crippen molar-refractivity contribution in [2.75, 3.05) is 11.9 Å². The SMILES string of the molecule is N#Cc1ccc(NC(=O)CCCNC(=O)c2ccccc2)cc1. The zero-order chi connectivity index (χ0) is 16.5. The Kier molecular flexibility index (Phi) is 5.89. The molecule has 23 heavy (non-hydrogen) atoms. The maximum atomic E-state index is 11.8. The second-order valence-corrected chi connectivity index (χ2v) is 4.96. The molecule has 0 atom stereocenters. The fourth-order valence-electron chi connectivity index (χ4n) is 1.99. The van der Waals surface area contributed by atoms with E-state index in [2.05, 4.69) is 10.6 Å². The average molecular weight is 307 g/mol. The van der Waals surface area contributed by atoms with Gasteiger partial charge in [-0.05, 0) is 42.8 Å². The van der Waals surface area contributed by atoms with Crippen molar-refractivity contribution < 1.29 is 9.59 Å². The van der Waals surface area contributed by atoms with Gasteiger partial charge in [0.2, 0.25) is 5.91 Å². The van der Waals surface area contributed by atoms with Crippen LogP contribution in [0.2, 0.25) is 0 Å². The summed E-state index contributed by atoms with van der Waals surface area (Å²) in [6.45, 7) is 0.439. The molecule has 0 fully saturated rings. The molecule has 5 nitrogen and oxygen atoms in total. The lowest BCUT2D eigenvalue weighted by Crippen LogP contribution is -2.25. The number of nitriles is 1. The van der Waals surface area contributed by atoms with Crippen LogP contribution in [0.1, 0.15) is 28.8 Å². The smallest absolute Gasteiger partial charge is 0.251 e. The number of benzene rings is 2. The number of nitrogens with zero attached hydrogens (tertiary/aromatic N) is 1. The van der Waals surface area contributed by atoms with Crippen molar-refractivity contribution in [3.63, 3.8) is 0 Å². The minimum Gasteiger partial charge on any atom is -0.352 e. The molecule has 0 aliphatic rings. The molecule has 2 N–H and O–H groups in total. The van der Waals surface area contributed by atoms with Gasteiger partial charge in [0, 0.05) is 24.2 Å². The predicted octanol–water partition coefficient (Wildman–Crippen LogP) is 2.71. The first-order valence-corrected chi connectivity index (χ1v) is 7.32. The minimum absolute atomic E-state index is 0.122. The summed E-state index contributed by atoms with van der Waals surface area (Å²) in [6.07, 6.45) is 0.871. The van der Waals surface area contributed by atoms with E-state index in [1.165, 1.54) is 0 Å². The molecule has 116 valence electrons. The van der Waals surface area contributed by atoms with Crippen LogP contribution in [0.4, 0.5) is 5.69 Å². The number of anilines is 1. The van der Waals surface area contributed by atoms with E-state index in [9.17, 15) is 9.59 Å². The van der Waals surface area contributed by atoms with E-state index in [1.54, 1.807) is 48.5 Å². The lowest BCUT2D eigenvalue weighted by atomic mass is 10.2. The van der Waals surface area contributed by atoms with Crippen LogP contribution in [0, 0.1) is 11.3 Å². The molecule has 0 aliphatic carbocycles. The highest BCUT2D eigenvalue weighted by Crippen LogP contribution is 2.09. The van der Waals surface area contributed by atoms with Crippen molar-refractivity contribution in [2.24, 2.45) is 0 Å². The van der Waals surface area contributed by atoms with Gasteiger partial charge >= 0.3 is 0 Å². The first-order chi connectivity index (χ1) is 11.2. The Bertz CT molecular complexity index is 703.